The van der Waals surface area contributed by atoms with Crippen molar-refractivity contribution in [1.82, 2.24) is 0 Å². The normalized spacial score (nSPS) is 17.1. The van der Waals surface area contributed by atoms with E-state index in [1.165, 1.54) is 121 Å². The topological polar surface area (TPSA) is 0 Å². The summed E-state index contributed by atoms with van der Waals surface area (Å²) in [4.78, 5) is 0. The molecule has 0 aromatic heterocycles. The van der Waals surface area contributed by atoms with Gasteiger partial charge in [-0.1, -0.05) is 213 Å². The van der Waals surface area contributed by atoms with Crippen LogP contribution < -0.4 is 0 Å². The van der Waals surface area contributed by atoms with Gasteiger partial charge in [0.15, 0.2) is 0 Å². The zero-order valence-electron chi connectivity index (χ0n) is 36.6. The zero-order valence-corrected chi connectivity index (χ0v) is 36.6. The van der Waals surface area contributed by atoms with E-state index in [0.29, 0.717) is 17.8 Å². The van der Waals surface area contributed by atoms with Crippen LogP contribution in [0.25, 0.3) is 82.4 Å². The van der Waals surface area contributed by atoms with E-state index in [1.54, 1.807) is 0 Å². The molecule has 0 amide bonds. The maximum absolute atomic E-state index is 2.48. The molecular weight excluding hydrogens is 781 g/mol. The van der Waals surface area contributed by atoms with Crippen LogP contribution in [0.5, 0.6) is 0 Å². The molecule has 3 aliphatic carbocycles. The molecule has 10 aromatic rings. The van der Waals surface area contributed by atoms with E-state index in [2.05, 4.69) is 225 Å². The molecule has 0 aliphatic heterocycles. The summed E-state index contributed by atoms with van der Waals surface area (Å²) >= 11 is 0. The summed E-state index contributed by atoms with van der Waals surface area (Å²) in [5.41, 5.74) is 21.9. The van der Waals surface area contributed by atoms with Crippen molar-refractivity contribution in [3.8, 4) is 44.5 Å². The van der Waals surface area contributed by atoms with Crippen molar-refractivity contribution in [2.24, 2.45) is 5.92 Å². The fourth-order valence-electron chi connectivity index (χ4n) is 11.8. The van der Waals surface area contributed by atoms with Crippen LogP contribution in [0.15, 0.2) is 224 Å². The molecule has 0 spiro atoms. The van der Waals surface area contributed by atoms with Crippen molar-refractivity contribution in [1.29, 1.82) is 0 Å². The van der Waals surface area contributed by atoms with Crippen LogP contribution in [0.1, 0.15) is 58.6 Å². The van der Waals surface area contributed by atoms with E-state index >= 15 is 0 Å². The maximum atomic E-state index is 2.48. The Balaban J connectivity index is 0.797. The molecule has 0 heterocycles. The third-order valence-electron chi connectivity index (χ3n) is 14.9. The largest absolute Gasteiger partial charge is 0.0811 e. The van der Waals surface area contributed by atoms with Crippen LogP contribution in [0, 0.1) is 5.92 Å². The van der Waals surface area contributed by atoms with Crippen LogP contribution in [0.3, 0.4) is 0 Å². The molecule has 13 rings (SSSR count). The molecule has 3 atom stereocenters. The second-order valence-electron chi connectivity index (χ2n) is 18.8. The summed E-state index contributed by atoms with van der Waals surface area (Å²) in [5, 5.41) is 7.97. The first-order valence-electron chi connectivity index (χ1n) is 23.5. The smallest absolute Gasteiger partial charge is 0.0142 e. The van der Waals surface area contributed by atoms with Crippen LogP contribution >= 0.6 is 0 Å². The van der Waals surface area contributed by atoms with Gasteiger partial charge in [-0.2, -0.15) is 0 Å². The lowest BCUT2D eigenvalue weighted by atomic mass is 9.85. The fourth-order valence-corrected chi connectivity index (χ4v) is 11.8. The van der Waals surface area contributed by atoms with Gasteiger partial charge in [0, 0.05) is 11.8 Å². The van der Waals surface area contributed by atoms with Gasteiger partial charge in [-0.05, 0) is 159 Å². The molecule has 0 radical (unpaired) electrons. The van der Waals surface area contributed by atoms with Crippen molar-refractivity contribution in [3.05, 3.63) is 257 Å². The molecule has 0 fully saturated rings. The Hall–Kier alpha value is -7.54. The summed E-state index contributed by atoms with van der Waals surface area (Å²) in [7, 11) is 0. The Labute approximate surface area is 381 Å². The number of rotatable bonds is 7. The molecule has 65 heavy (non-hydrogen) atoms. The fraction of sp³-hybridized carbons (Fsp3) is 0.108. The average Bonchev–Trinajstić information content (AvgIpc) is 3.84. The maximum Gasteiger partial charge on any atom is 0.0142 e. The van der Waals surface area contributed by atoms with Crippen LogP contribution in [0.2, 0.25) is 0 Å². The Kier molecular flexibility index (Phi) is 8.95. The van der Waals surface area contributed by atoms with Crippen molar-refractivity contribution >= 4 is 37.9 Å². The first-order chi connectivity index (χ1) is 32.1. The highest BCUT2D eigenvalue weighted by atomic mass is 14.4. The van der Waals surface area contributed by atoms with Crippen LogP contribution in [-0.4, -0.2) is 0 Å². The third-order valence-corrected chi connectivity index (χ3v) is 14.9. The lowest BCUT2D eigenvalue weighted by Crippen LogP contribution is -2.04. The van der Waals surface area contributed by atoms with E-state index in [-0.39, 0.29) is 0 Å². The molecule has 0 nitrogen and oxygen atoms in total. The van der Waals surface area contributed by atoms with Crippen LogP contribution in [0.4, 0.5) is 0 Å². The summed E-state index contributed by atoms with van der Waals surface area (Å²) < 4.78 is 0. The lowest BCUT2D eigenvalue weighted by molar-refractivity contribution is 0.735. The summed E-state index contributed by atoms with van der Waals surface area (Å²) in [6.45, 7) is 2.35. The van der Waals surface area contributed by atoms with Crippen molar-refractivity contribution in [2.45, 2.75) is 38.0 Å². The second-order valence-corrected chi connectivity index (χ2v) is 18.8. The Morgan fingerprint density at radius 1 is 0.354 bits per heavy atom. The number of fused-ring (bicyclic) bond motifs is 11. The first-order valence-corrected chi connectivity index (χ1v) is 23.5. The predicted molar refractivity (Wildman–Crippen MR) is 275 cm³/mol. The SMILES string of the molecule is C[C@H]1C=CC2=C(C1)c1cc(-c3ccc(-c4ccc5c(c4)-c4ccccc4C5Cc4ccc5c6ccccc6c6ccccc6c5c4)cc3)ccc1C2Cc1cccc(-c2ccccc2)c1. The van der Waals surface area contributed by atoms with E-state index < -0.39 is 0 Å². The van der Waals surface area contributed by atoms with E-state index in [9.17, 15) is 0 Å². The van der Waals surface area contributed by atoms with Gasteiger partial charge in [0.25, 0.3) is 0 Å². The molecule has 10 aromatic carbocycles. The van der Waals surface area contributed by atoms with Crippen LogP contribution in [-0.2, 0) is 12.8 Å². The number of hydrogen-bond acceptors (Lipinski definition) is 0. The highest BCUT2D eigenvalue weighted by molar-refractivity contribution is 6.25. The molecule has 0 saturated heterocycles. The monoisotopic (exact) mass is 828 g/mol. The summed E-state index contributed by atoms with van der Waals surface area (Å²) in [6, 6.07) is 77.8. The van der Waals surface area contributed by atoms with Gasteiger partial charge in [-0.3, -0.25) is 0 Å². The first kappa shape index (κ1) is 38.0. The quantitative estimate of drug-likeness (QED) is 0.140. The summed E-state index contributed by atoms with van der Waals surface area (Å²) in [6.07, 6.45) is 7.92. The minimum Gasteiger partial charge on any atom is -0.0811 e. The predicted octanol–water partition coefficient (Wildman–Crippen LogP) is 17.2. The highest BCUT2D eigenvalue weighted by Gasteiger charge is 2.33. The molecule has 3 aliphatic rings. The zero-order chi connectivity index (χ0) is 43.0. The molecular formula is C65H48. The standard InChI is InChI=1S/C65H48/c1-41-22-30-57-60(34-41)65-40-49(29-33-59(65)63(57)36-42-12-11-15-47(35-42)44-13-3-2-4-14-44)46-26-24-45(25-27-46)48-28-32-58-62(54-20-9-10-21-55(54)64(58)39-48)38-43-23-31-56-52-18-6-5-16-50(52)51-17-7-8-19-53(51)61(56)37-43/h2-33,35,37,39-41,62-63H,34,36,38H2,1H3/t41-,62?,63?/m0/s1. The Morgan fingerprint density at radius 2 is 0.862 bits per heavy atom. The molecule has 0 bridgehead atoms. The molecule has 0 N–H and O–H groups in total. The summed E-state index contributed by atoms with van der Waals surface area (Å²) in [5.74, 6) is 1.21. The van der Waals surface area contributed by atoms with Gasteiger partial charge in [-0.25, -0.2) is 0 Å². The molecule has 0 heteroatoms. The van der Waals surface area contributed by atoms with Crippen molar-refractivity contribution < 1.29 is 0 Å². The third kappa shape index (κ3) is 6.42. The van der Waals surface area contributed by atoms with E-state index in [4.69, 9.17) is 0 Å². The van der Waals surface area contributed by atoms with Gasteiger partial charge in [0.1, 0.15) is 0 Å². The molecule has 2 unspecified atom stereocenters. The Morgan fingerprint density at radius 3 is 1.58 bits per heavy atom. The second kappa shape index (κ2) is 15.3. The van der Waals surface area contributed by atoms with Gasteiger partial charge in [0.2, 0.25) is 0 Å². The number of benzene rings is 10. The lowest BCUT2D eigenvalue weighted by Gasteiger charge is -2.19. The average molecular weight is 829 g/mol. The molecule has 308 valence electrons. The highest BCUT2D eigenvalue weighted by Crippen LogP contribution is 2.51. The van der Waals surface area contributed by atoms with E-state index in [1.807, 2.05) is 0 Å². The minimum absolute atomic E-state index is 0.305. The van der Waals surface area contributed by atoms with Gasteiger partial charge in [0.05, 0.1) is 0 Å². The van der Waals surface area contributed by atoms with Gasteiger partial charge < -0.3 is 0 Å². The minimum atomic E-state index is 0.305. The van der Waals surface area contributed by atoms with Gasteiger partial charge in [-0.15, -0.1) is 0 Å². The Bertz CT molecular complexity index is 3550. The van der Waals surface area contributed by atoms with Gasteiger partial charge >= 0.3 is 0 Å². The van der Waals surface area contributed by atoms with Crippen molar-refractivity contribution in [3.63, 3.8) is 0 Å². The van der Waals surface area contributed by atoms with E-state index in [0.717, 1.165) is 19.3 Å². The van der Waals surface area contributed by atoms with Crippen molar-refractivity contribution in [2.75, 3.05) is 0 Å². The molecule has 0 saturated carbocycles. The number of hydrogen-bond donors (Lipinski definition) is 0. The number of allylic oxidation sites excluding steroid dienone is 4.